The Bertz CT molecular complexity index is 894. The standard InChI is InChI=1S/C20H25N5O3S/c1-13-4-3-7-25(11-13)17-9-18(26-2)23-19(22-17)24-20(29)21-10-14-5-6-15-16(8-14)28-12-27-15/h5-6,8-9,13H,3-4,7,10-12H2,1-2H3,(H2,21,22,23,24,29)/t13-/m1/s1. The number of fused-ring (bicyclic) bond motifs is 1. The molecule has 2 aliphatic rings. The summed E-state index contributed by atoms with van der Waals surface area (Å²) in [6.07, 6.45) is 2.41. The molecule has 1 atom stereocenters. The Morgan fingerprint density at radius 3 is 2.97 bits per heavy atom. The van der Waals surface area contributed by atoms with E-state index in [1.165, 1.54) is 6.42 Å². The summed E-state index contributed by atoms with van der Waals surface area (Å²) in [6.45, 7) is 5.03. The Labute approximate surface area is 175 Å². The van der Waals surface area contributed by atoms with Crippen LogP contribution in [-0.4, -0.2) is 42.1 Å². The molecule has 0 radical (unpaired) electrons. The fourth-order valence-corrected chi connectivity index (χ4v) is 3.68. The highest BCUT2D eigenvalue weighted by atomic mass is 32.1. The lowest BCUT2D eigenvalue weighted by molar-refractivity contribution is 0.174. The molecule has 1 aromatic carbocycles. The monoisotopic (exact) mass is 415 g/mol. The molecule has 29 heavy (non-hydrogen) atoms. The zero-order valence-electron chi connectivity index (χ0n) is 16.6. The van der Waals surface area contributed by atoms with Crippen molar-refractivity contribution in [2.24, 2.45) is 5.92 Å². The van der Waals surface area contributed by atoms with Crippen LogP contribution in [0.3, 0.4) is 0 Å². The van der Waals surface area contributed by atoms with Crippen molar-refractivity contribution in [1.29, 1.82) is 0 Å². The molecule has 0 aliphatic carbocycles. The number of hydrogen-bond acceptors (Lipinski definition) is 7. The Kier molecular flexibility index (Phi) is 5.84. The van der Waals surface area contributed by atoms with Crippen LogP contribution in [0, 0.1) is 5.92 Å². The van der Waals surface area contributed by atoms with E-state index < -0.39 is 0 Å². The van der Waals surface area contributed by atoms with E-state index in [1.807, 2.05) is 24.3 Å². The van der Waals surface area contributed by atoms with Crippen molar-refractivity contribution >= 4 is 29.1 Å². The van der Waals surface area contributed by atoms with Crippen LogP contribution in [-0.2, 0) is 6.54 Å². The number of nitrogens with zero attached hydrogens (tertiary/aromatic N) is 3. The van der Waals surface area contributed by atoms with Crippen LogP contribution in [0.4, 0.5) is 11.8 Å². The van der Waals surface area contributed by atoms with Gasteiger partial charge in [0.05, 0.1) is 7.11 Å². The van der Waals surface area contributed by atoms with E-state index in [2.05, 4.69) is 32.4 Å². The normalized spacial score (nSPS) is 17.7. The number of piperidine rings is 1. The summed E-state index contributed by atoms with van der Waals surface area (Å²) in [5.41, 5.74) is 1.04. The van der Waals surface area contributed by atoms with Gasteiger partial charge < -0.3 is 29.7 Å². The quantitative estimate of drug-likeness (QED) is 0.716. The van der Waals surface area contributed by atoms with Crippen LogP contribution in [0.25, 0.3) is 0 Å². The first kappa shape index (κ1) is 19.5. The molecular formula is C20H25N5O3S. The summed E-state index contributed by atoms with van der Waals surface area (Å²) in [7, 11) is 1.60. The maximum Gasteiger partial charge on any atom is 0.234 e. The summed E-state index contributed by atoms with van der Waals surface area (Å²) in [5, 5.41) is 6.68. The van der Waals surface area contributed by atoms with Gasteiger partial charge in [-0.1, -0.05) is 13.0 Å². The van der Waals surface area contributed by atoms with Crippen LogP contribution in [0.15, 0.2) is 24.3 Å². The largest absolute Gasteiger partial charge is 0.481 e. The van der Waals surface area contributed by atoms with Crippen LogP contribution >= 0.6 is 12.2 Å². The number of ether oxygens (including phenoxy) is 3. The number of aromatic nitrogens is 2. The molecule has 9 heteroatoms. The molecule has 0 unspecified atom stereocenters. The average molecular weight is 416 g/mol. The third kappa shape index (κ3) is 4.79. The first-order valence-corrected chi connectivity index (χ1v) is 10.1. The summed E-state index contributed by atoms with van der Waals surface area (Å²) in [4.78, 5) is 11.3. The fraction of sp³-hybridized carbons (Fsp3) is 0.450. The molecule has 4 rings (SSSR count). The summed E-state index contributed by atoms with van der Waals surface area (Å²) in [6, 6.07) is 7.68. The van der Waals surface area contributed by atoms with Crippen LogP contribution in [0.2, 0.25) is 0 Å². The average Bonchev–Trinajstić information content (AvgIpc) is 3.20. The fourth-order valence-electron chi connectivity index (χ4n) is 3.51. The molecule has 1 fully saturated rings. The molecule has 2 aromatic rings. The summed E-state index contributed by atoms with van der Waals surface area (Å²) in [5.74, 6) is 3.93. The molecule has 0 saturated carbocycles. The zero-order chi connectivity index (χ0) is 20.2. The Morgan fingerprint density at radius 2 is 2.14 bits per heavy atom. The Hall–Kier alpha value is -2.81. The molecule has 154 valence electrons. The molecule has 2 N–H and O–H groups in total. The van der Waals surface area contributed by atoms with Crippen LogP contribution in [0.5, 0.6) is 17.4 Å². The van der Waals surface area contributed by atoms with E-state index in [1.54, 1.807) is 7.11 Å². The van der Waals surface area contributed by atoms with Gasteiger partial charge in [0, 0.05) is 25.7 Å². The number of thiocarbonyl (C=S) groups is 1. The van der Waals surface area contributed by atoms with Crippen molar-refractivity contribution in [3.05, 3.63) is 29.8 Å². The highest BCUT2D eigenvalue weighted by molar-refractivity contribution is 7.80. The van der Waals surface area contributed by atoms with Crippen molar-refractivity contribution in [3.63, 3.8) is 0 Å². The first-order valence-electron chi connectivity index (χ1n) is 9.72. The van der Waals surface area contributed by atoms with E-state index >= 15 is 0 Å². The summed E-state index contributed by atoms with van der Waals surface area (Å²) < 4.78 is 16.1. The second-order valence-electron chi connectivity index (χ2n) is 7.28. The van der Waals surface area contributed by atoms with E-state index in [0.717, 1.165) is 42.4 Å². The topological polar surface area (TPSA) is 80.8 Å². The lowest BCUT2D eigenvalue weighted by Crippen LogP contribution is -2.35. The highest BCUT2D eigenvalue weighted by Crippen LogP contribution is 2.32. The predicted octanol–water partition coefficient (Wildman–Crippen LogP) is 2.94. The number of methoxy groups -OCH3 is 1. The maximum absolute atomic E-state index is 5.42. The van der Waals surface area contributed by atoms with Crippen molar-refractivity contribution in [2.75, 3.05) is 37.2 Å². The molecule has 8 nitrogen and oxygen atoms in total. The van der Waals surface area contributed by atoms with E-state index in [9.17, 15) is 0 Å². The lowest BCUT2D eigenvalue weighted by Gasteiger charge is -2.32. The Balaban J connectivity index is 1.40. The molecule has 2 aliphatic heterocycles. The minimum Gasteiger partial charge on any atom is -0.481 e. The molecule has 3 heterocycles. The van der Waals surface area contributed by atoms with Gasteiger partial charge in [0.15, 0.2) is 16.6 Å². The SMILES string of the molecule is COc1cc(N2CCC[C@@H](C)C2)nc(NC(=S)NCc2ccc3c(c2)OCO3)n1. The number of rotatable bonds is 5. The number of hydrogen-bond donors (Lipinski definition) is 2. The van der Waals surface area contributed by atoms with Crippen molar-refractivity contribution in [2.45, 2.75) is 26.3 Å². The highest BCUT2D eigenvalue weighted by Gasteiger charge is 2.19. The third-order valence-corrected chi connectivity index (χ3v) is 5.24. The van der Waals surface area contributed by atoms with Crippen LogP contribution < -0.4 is 29.7 Å². The molecule has 1 aromatic heterocycles. The number of anilines is 2. The van der Waals surface area contributed by atoms with Crippen molar-refractivity contribution in [3.8, 4) is 17.4 Å². The summed E-state index contributed by atoms with van der Waals surface area (Å²) >= 11 is 5.42. The van der Waals surface area contributed by atoms with Gasteiger partial charge in [0.1, 0.15) is 5.82 Å². The van der Waals surface area contributed by atoms with E-state index in [-0.39, 0.29) is 6.79 Å². The van der Waals surface area contributed by atoms with Gasteiger partial charge in [0.25, 0.3) is 0 Å². The maximum atomic E-state index is 5.42. The van der Waals surface area contributed by atoms with Gasteiger partial charge in [-0.25, -0.2) is 0 Å². The second-order valence-corrected chi connectivity index (χ2v) is 7.69. The number of nitrogens with one attached hydrogen (secondary N) is 2. The van der Waals surface area contributed by atoms with Gasteiger partial charge >= 0.3 is 0 Å². The molecular weight excluding hydrogens is 390 g/mol. The van der Waals surface area contributed by atoms with E-state index in [0.29, 0.717) is 29.4 Å². The lowest BCUT2D eigenvalue weighted by atomic mass is 10.0. The van der Waals surface area contributed by atoms with Gasteiger partial charge in [-0.05, 0) is 48.7 Å². The molecule has 0 spiro atoms. The minimum atomic E-state index is 0.261. The predicted molar refractivity (Wildman–Crippen MR) is 115 cm³/mol. The molecule has 0 amide bonds. The number of benzene rings is 1. The molecule has 1 saturated heterocycles. The minimum absolute atomic E-state index is 0.261. The zero-order valence-corrected chi connectivity index (χ0v) is 17.4. The van der Waals surface area contributed by atoms with Crippen molar-refractivity contribution in [1.82, 2.24) is 15.3 Å². The van der Waals surface area contributed by atoms with Gasteiger partial charge in [-0.3, -0.25) is 0 Å². The first-order chi connectivity index (χ1) is 14.1. The third-order valence-electron chi connectivity index (χ3n) is 4.99. The Morgan fingerprint density at radius 1 is 1.28 bits per heavy atom. The van der Waals surface area contributed by atoms with Crippen molar-refractivity contribution < 1.29 is 14.2 Å². The van der Waals surface area contributed by atoms with E-state index in [4.69, 9.17) is 26.4 Å². The van der Waals surface area contributed by atoms with Gasteiger partial charge in [-0.2, -0.15) is 9.97 Å². The molecule has 0 bridgehead atoms. The van der Waals surface area contributed by atoms with Gasteiger partial charge in [0.2, 0.25) is 18.6 Å². The van der Waals surface area contributed by atoms with Gasteiger partial charge in [-0.15, -0.1) is 0 Å². The smallest absolute Gasteiger partial charge is 0.234 e. The second kappa shape index (κ2) is 8.69. The van der Waals surface area contributed by atoms with Crippen LogP contribution in [0.1, 0.15) is 25.3 Å².